The number of unbranched alkanes of at least 4 members (excludes halogenated alkanes) is 1. The fourth-order valence-electron chi connectivity index (χ4n) is 2.73. The number of thiocarbonyl (C=S) groups is 1. The quantitative estimate of drug-likeness (QED) is 0.636. The Bertz CT molecular complexity index is 790. The Hall–Kier alpha value is -2.11. The van der Waals surface area contributed by atoms with Crippen LogP contribution in [0.1, 0.15) is 37.1 Å². The zero-order valence-corrected chi connectivity index (χ0v) is 16.4. The Morgan fingerprint density at radius 1 is 1.15 bits per heavy atom. The number of hydrogen-bond donors (Lipinski definition) is 0. The summed E-state index contributed by atoms with van der Waals surface area (Å²) in [6.45, 7) is 2.95. The average molecular weight is 389 g/mol. The molecule has 0 bridgehead atoms. The van der Waals surface area contributed by atoms with E-state index in [1.807, 2.05) is 53.4 Å². The first-order chi connectivity index (χ1) is 12.6. The summed E-state index contributed by atoms with van der Waals surface area (Å²) < 4.78 is 11.5. The fraction of sp³-hybridized carbons (Fsp3) is 0.300. The maximum absolute atomic E-state index is 6.26. The van der Waals surface area contributed by atoms with Crippen LogP contribution in [-0.4, -0.2) is 29.6 Å². The molecule has 1 atom stereocenters. The third kappa shape index (κ3) is 4.17. The van der Waals surface area contributed by atoms with Crippen LogP contribution in [0.2, 0.25) is 5.02 Å². The molecule has 26 heavy (non-hydrogen) atoms. The van der Waals surface area contributed by atoms with Gasteiger partial charge in [-0.1, -0.05) is 24.9 Å². The van der Waals surface area contributed by atoms with Crippen molar-refractivity contribution in [2.45, 2.75) is 26.0 Å². The summed E-state index contributed by atoms with van der Waals surface area (Å²) in [7, 11) is 1.65. The van der Waals surface area contributed by atoms with Gasteiger partial charge in [-0.05, 0) is 67.2 Å². The van der Waals surface area contributed by atoms with Crippen LogP contribution < -0.4 is 4.74 Å². The highest BCUT2D eigenvalue weighted by Crippen LogP contribution is 2.30. The Labute approximate surface area is 164 Å². The van der Waals surface area contributed by atoms with E-state index >= 15 is 0 Å². The van der Waals surface area contributed by atoms with Crippen LogP contribution in [0.3, 0.4) is 0 Å². The molecule has 0 aliphatic carbocycles. The van der Waals surface area contributed by atoms with Crippen LogP contribution in [-0.2, 0) is 4.74 Å². The Morgan fingerprint density at radius 2 is 1.85 bits per heavy atom. The molecule has 136 valence electrons. The first-order valence-electron chi connectivity index (χ1n) is 8.58. The van der Waals surface area contributed by atoms with Gasteiger partial charge in [0.2, 0.25) is 17.2 Å². The maximum Gasteiger partial charge on any atom is 0.225 e. The van der Waals surface area contributed by atoms with E-state index in [9.17, 15) is 0 Å². The highest BCUT2D eigenvalue weighted by Gasteiger charge is 2.30. The molecule has 1 unspecified atom stereocenters. The van der Waals surface area contributed by atoms with Crippen LogP contribution >= 0.6 is 23.8 Å². The number of rotatable bonds is 6. The highest BCUT2D eigenvalue weighted by atomic mass is 35.5. The molecule has 4 nitrogen and oxygen atoms in total. The molecule has 1 aliphatic rings. The lowest BCUT2D eigenvalue weighted by Gasteiger charge is -2.36. The first kappa shape index (κ1) is 18.7. The Balaban J connectivity index is 1.93. The maximum atomic E-state index is 6.26. The normalized spacial score (nSPS) is 16.9. The molecule has 3 rings (SSSR count). The highest BCUT2D eigenvalue weighted by molar-refractivity contribution is 7.80. The van der Waals surface area contributed by atoms with Gasteiger partial charge in [0.1, 0.15) is 5.75 Å². The van der Waals surface area contributed by atoms with Crippen molar-refractivity contribution >= 4 is 34.8 Å². The molecule has 6 heteroatoms. The summed E-state index contributed by atoms with van der Waals surface area (Å²) in [4.78, 5) is 6.54. The number of nitrogens with zero attached hydrogens (tertiary/aromatic N) is 2. The molecule has 2 aromatic rings. The van der Waals surface area contributed by atoms with Gasteiger partial charge in [-0.15, -0.1) is 0 Å². The van der Waals surface area contributed by atoms with Gasteiger partial charge in [0.05, 0.1) is 7.11 Å². The molecule has 0 N–H and O–H groups in total. The van der Waals surface area contributed by atoms with Crippen LogP contribution in [0.25, 0.3) is 0 Å². The Morgan fingerprint density at radius 3 is 2.46 bits per heavy atom. The van der Waals surface area contributed by atoms with Crippen molar-refractivity contribution in [2.24, 2.45) is 4.99 Å². The lowest BCUT2D eigenvalue weighted by Crippen LogP contribution is -2.40. The van der Waals surface area contributed by atoms with E-state index in [0.29, 0.717) is 16.0 Å². The first-order valence-corrected chi connectivity index (χ1v) is 9.37. The minimum Gasteiger partial charge on any atom is -0.497 e. The molecule has 0 radical (unpaired) electrons. The number of aliphatic imine (C=N–C) groups is 1. The average Bonchev–Trinajstić information content (AvgIpc) is 2.67. The fourth-order valence-corrected chi connectivity index (χ4v) is 3.13. The van der Waals surface area contributed by atoms with Gasteiger partial charge in [0.15, 0.2) is 0 Å². The second-order valence-electron chi connectivity index (χ2n) is 6.00. The van der Waals surface area contributed by atoms with E-state index in [-0.39, 0.29) is 6.23 Å². The minimum absolute atomic E-state index is 0.317. The minimum atomic E-state index is -0.317. The number of halogens is 1. The van der Waals surface area contributed by atoms with Crippen molar-refractivity contribution in [3.63, 3.8) is 0 Å². The summed E-state index contributed by atoms with van der Waals surface area (Å²) in [6.07, 6.45) is 1.77. The number of ether oxygens (including phenoxy) is 2. The third-order valence-corrected chi connectivity index (χ3v) is 4.77. The van der Waals surface area contributed by atoms with E-state index in [0.717, 1.165) is 36.3 Å². The van der Waals surface area contributed by atoms with E-state index in [1.54, 1.807) is 7.11 Å². The zero-order valence-electron chi connectivity index (χ0n) is 14.8. The second kappa shape index (κ2) is 8.52. The number of methoxy groups -OCH3 is 1. The summed E-state index contributed by atoms with van der Waals surface area (Å²) in [5.41, 5.74) is 1.86. The topological polar surface area (TPSA) is 34.1 Å². The van der Waals surface area contributed by atoms with Crippen molar-refractivity contribution in [2.75, 3.05) is 13.7 Å². The molecule has 2 aromatic carbocycles. The van der Waals surface area contributed by atoms with Gasteiger partial charge < -0.3 is 14.4 Å². The Kier molecular flexibility index (Phi) is 6.12. The third-order valence-electron chi connectivity index (χ3n) is 4.19. The molecule has 0 spiro atoms. The summed E-state index contributed by atoms with van der Waals surface area (Å²) >= 11 is 11.6. The molecule has 0 saturated heterocycles. The lowest BCUT2D eigenvalue weighted by molar-refractivity contribution is 0.0577. The molecule has 0 fully saturated rings. The van der Waals surface area contributed by atoms with Crippen molar-refractivity contribution in [1.29, 1.82) is 0 Å². The molecular formula is C20H21ClN2O2S. The molecular weight excluding hydrogens is 368 g/mol. The summed E-state index contributed by atoms with van der Waals surface area (Å²) in [6, 6.07) is 15.2. The van der Waals surface area contributed by atoms with Gasteiger partial charge in [0, 0.05) is 22.7 Å². The predicted molar refractivity (Wildman–Crippen MR) is 109 cm³/mol. The van der Waals surface area contributed by atoms with Gasteiger partial charge in [0.25, 0.3) is 0 Å². The van der Waals surface area contributed by atoms with Gasteiger partial charge >= 0.3 is 0 Å². The van der Waals surface area contributed by atoms with Crippen molar-refractivity contribution in [3.05, 3.63) is 64.7 Å². The lowest BCUT2D eigenvalue weighted by atomic mass is 10.1. The van der Waals surface area contributed by atoms with Crippen molar-refractivity contribution < 1.29 is 9.47 Å². The van der Waals surface area contributed by atoms with E-state index < -0.39 is 0 Å². The van der Waals surface area contributed by atoms with Gasteiger partial charge in [-0.3, -0.25) is 0 Å². The molecule has 1 aliphatic heterocycles. The second-order valence-corrected chi connectivity index (χ2v) is 6.80. The smallest absolute Gasteiger partial charge is 0.225 e. The SMILES string of the molecule is CCCCN1C(=S)N=C(c2ccc(Cl)cc2)OC1c1ccc(OC)cc1. The van der Waals surface area contributed by atoms with E-state index in [4.69, 9.17) is 33.3 Å². The number of hydrogen-bond acceptors (Lipinski definition) is 3. The largest absolute Gasteiger partial charge is 0.497 e. The van der Waals surface area contributed by atoms with E-state index in [2.05, 4.69) is 11.9 Å². The van der Waals surface area contributed by atoms with Gasteiger partial charge in [-0.2, -0.15) is 4.99 Å². The van der Waals surface area contributed by atoms with Crippen molar-refractivity contribution in [3.8, 4) is 5.75 Å². The van der Waals surface area contributed by atoms with Crippen LogP contribution in [0.4, 0.5) is 0 Å². The number of benzene rings is 2. The standard InChI is InChI=1S/C20H21ClN2O2S/c1-3-4-13-23-19(15-7-11-17(24-2)12-8-15)25-18(22-20(23)26)14-5-9-16(21)10-6-14/h5-12,19H,3-4,13H2,1-2H3. The predicted octanol–water partition coefficient (Wildman–Crippen LogP) is 5.21. The molecule has 0 saturated carbocycles. The summed E-state index contributed by atoms with van der Waals surface area (Å²) in [5.74, 6) is 1.32. The zero-order chi connectivity index (χ0) is 18.5. The molecule has 0 amide bonds. The molecule has 1 heterocycles. The van der Waals surface area contributed by atoms with Crippen LogP contribution in [0.15, 0.2) is 53.5 Å². The monoisotopic (exact) mass is 388 g/mol. The van der Waals surface area contributed by atoms with Gasteiger partial charge in [-0.25, -0.2) is 0 Å². The van der Waals surface area contributed by atoms with Crippen LogP contribution in [0.5, 0.6) is 5.75 Å². The van der Waals surface area contributed by atoms with E-state index in [1.165, 1.54) is 0 Å². The van der Waals surface area contributed by atoms with Crippen molar-refractivity contribution in [1.82, 2.24) is 4.90 Å². The van der Waals surface area contributed by atoms with Crippen LogP contribution in [0, 0.1) is 0 Å². The molecule has 0 aromatic heterocycles. The summed E-state index contributed by atoms with van der Waals surface area (Å²) in [5, 5.41) is 1.21.